The summed E-state index contributed by atoms with van der Waals surface area (Å²) >= 11 is 5.86. The van der Waals surface area contributed by atoms with Crippen LogP contribution in [0.3, 0.4) is 0 Å². The Balaban J connectivity index is 2.26. The topological polar surface area (TPSA) is 18.5 Å². The molecule has 1 aliphatic rings. The molecule has 0 radical (unpaired) electrons. The van der Waals surface area contributed by atoms with E-state index in [0.29, 0.717) is 12.0 Å². The van der Waals surface area contributed by atoms with Crippen LogP contribution in [0.1, 0.15) is 19.3 Å². The van der Waals surface area contributed by atoms with E-state index in [2.05, 4.69) is 0 Å². The lowest BCUT2D eigenvalue weighted by Crippen LogP contribution is -2.22. The fraction of sp³-hybridized carbons (Fsp3) is 1.00. The first-order chi connectivity index (χ1) is 5.76. The minimum Gasteiger partial charge on any atom is -0.382 e. The maximum Gasteiger partial charge on any atom is 0.0810 e. The van der Waals surface area contributed by atoms with Gasteiger partial charge in [0.1, 0.15) is 0 Å². The maximum atomic E-state index is 5.86. The maximum absolute atomic E-state index is 5.86. The highest BCUT2D eigenvalue weighted by Gasteiger charge is 2.43. The monoisotopic (exact) mass is 192 g/mol. The van der Waals surface area contributed by atoms with Gasteiger partial charge in [-0.05, 0) is 24.7 Å². The number of halogens is 1. The molecule has 0 aromatic heterocycles. The summed E-state index contributed by atoms with van der Waals surface area (Å²) in [6.45, 7) is 0.676. The molecule has 0 aromatic rings. The van der Waals surface area contributed by atoms with E-state index in [1.54, 1.807) is 14.2 Å². The standard InChI is InChI=1S/C9H17ClO2/c1-11-6-8(12-2)5-9(7-10)3-4-9/h8H,3-7H2,1-2H3. The average Bonchev–Trinajstić information content (AvgIpc) is 2.85. The molecular formula is C9H17ClO2. The van der Waals surface area contributed by atoms with E-state index in [1.165, 1.54) is 12.8 Å². The summed E-state index contributed by atoms with van der Waals surface area (Å²) < 4.78 is 10.3. The Labute approximate surface area is 79.2 Å². The largest absolute Gasteiger partial charge is 0.382 e. The van der Waals surface area contributed by atoms with Crippen molar-refractivity contribution < 1.29 is 9.47 Å². The van der Waals surface area contributed by atoms with Crippen molar-refractivity contribution in [1.29, 1.82) is 0 Å². The van der Waals surface area contributed by atoms with Gasteiger partial charge in [-0.1, -0.05) is 0 Å². The fourth-order valence-corrected chi connectivity index (χ4v) is 1.82. The molecule has 2 nitrogen and oxygen atoms in total. The molecule has 0 N–H and O–H groups in total. The first kappa shape index (κ1) is 10.3. The first-order valence-corrected chi connectivity index (χ1v) is 4.87. The van der Waals surface area contributed by atoms with Crippen LogP contribution in [-0.2, 0) is 9.47 Å². The fourth-order valence-electron chi connectivity index (χ4n) is 1.45. The molecule has 1 aliphatic carbocycles. The van der Waals surface area contributed by atoms with Gasteiger partial charge in [-0.2, -0.15) is 0 Å². The van der Waals surface area contributed by atoms with E-state index in [0.717, 1.165) is 12.3 Å². The second-order valence-electron chi connectivity index (χ2n) is 3.65. The predicted octanol–water partition coefficient (Wildman–Crippen LogP) is 2.06. The van der Waals surface area contributed by atoms with Crippen LogP contribution in [0.4, 0.5) is 0 Å². The van der Waals surface area contributed by atoms with E-state index in [9.17, 15) is 0 Å². The van der Waals surface area contributed by atoms with E-state index < -0.39 is 0 Å². The molecule has 0 bridgehead atoms. The number of alkyl halides is 1. The van der Waals surface area contributed by atoms with E-state index in [1.807, 2.05) is 0 Å². The van der Waals surface area contributed by atoms with Crippen molar-refractivity contribution in [1.82, 2.24) is 0 Å². The van der Waals surface area contributed by atoms with Gasteiger partial charge in [0.25, 0.3) is 0 Å². The molecule has 3 heteroatoms. The van der Waals surface area contributed by atoms with Crippen LogP contribution in [0.2, 0.25) is 0 Å². The van der Waals surface area contributed by atoms with Crippen LogP contribution in [0.5, 0.6) is 0 Å². The smallest absolute Gasteiger partial charge is 0.0810 e. The zero-order chi connectivity index (χ0) is 9.03. The van der Waals surface area contributed by atoms with Gasteiger partial charge in [0.15, 0.2) is 0 Å². The van der Waals surface area contributed by atoms with Crippen LogP contribution >= 0.6 is 11.6 Å². The molecular weight excluding hydrogens is 176 g/mol. The molecule has 0 heterocycles. The molecule has 72 valence electrons. The number of hydrogen-bond donors (Lipinski definition) is 0. The van der Waals surface area contributed by atoms with Crippen molar-refractivity contribution in [3.8, 4) is 0 Å². The highest BCUT2D eigenvalue weighted by atomic mass is 35.5. The molecule has 1 atom stereocenters. The third kappa shape index (κ3) is 2.61. The Bertz CT molecular complexity index is 134. The molecule has 1 fully saturated rings. The average molecular weight is 193 g/mol. The summed E-state index contributed by atoms with van der Waals surface area (Å²) in [5, 5.41) is 0. The zero-order valence-electron chi connectivity index (χ0n) is 7.81. The van der Waals surface area contributed by atoms with Gasteiger partial charge in [-0.25, -0.2) is 0 Å². The SMILES string of the molecule is COCC(CC1(CCl)CC1)OC. The van der Waals surface area contributed by atoms with Gasteiger partial charge in [-0.3, -0.25) is 0 Å². The van der Waals surface area contributed by atoms with Crippen molar-refractivity contribution in [3.05, 3.63) is 0 Å². The Hall–Kier alpha value is 0.210. The summed E-state index contributed by atoms with van der Waals surface area (Å²) in [5.41, 5.74) is 0.376. The molecule has 1 unspecified atom stereocenters. The molecule has 0 aliphatic heterocycles. The van der Waals surface area contributed by atoms with Gasteiger partial charge in [0.05, 0.1) is 12.7 Å². The van der Waals surface area contributed by atoms with Crippen LogP contribution in [0.15, 0.2) is 0 Å². The summed E-state index contributed by atoms with van der Waals surface area (Å²) in [7, 11) is 3.43. The first-order valence-electron chi connectivity index (χ1n) is 4.34. The Morgan fingerprint density at radius 2 is 2.08 bits per heavy atom. The lowest BCUT2D eigenvalue weighted by atomic mass is 10.0. The van der Waals surface area contributed by atoms with Gasteiger partial charge >= 0.3 is 0 Å². The molecule has 12 heavy (non-hydrogen) atoms. The number of hydrogen-bond acceptors (Lipinski definition) is 2. The molecule has 0 spiro atoms. The Morgan fingerprint density at radius 3 is 2.42 bits per heavy atom. The van der Waals surface area contributed by atoms with Crippen molar-refractivity contribution in [2.45, 2.75) is 25.4 Å². The second-order valence-corrected chi connectivity index (χ2v) is 3.92. The molecule has 1 saturated carbocycles. The Kier molecular flexibility index (Phi) is 3.81. The third-order valence-corrected chi connectivity index (χ3v) is 3.15. The summed E-state index contributed by atoms with van der Waals surface area (Å²) in [5.74, 6) is 0.760. The second kappa shape index (κ2) is 4.45. The van der Waals surface area contributed by atoms with Crippen molar-refractivity contribution in [3.63, 3.8) is 0 Å². The number of rotatable bonds is 6. The van der Waals surface area contributed by atoms with Gasteiger partial charge < -0.3 is 9.47 Å². The highest BCUT2D eigenvalue weighted by molar-refractivity contribution is 6.18. The van der Waals surface area contributed by atoms with Crippen LogP contribution in [0, 0.1) is 5.41 Å². The van der Waals surface area contributed by atoms with Crippen molar-refractivity contribution >= 4 is 11.6 Å². The number of methoxy groups -OCH3 is 2. The molecule has 0 aromatic carbocycles. The van der Waals surface area contributed by atoms with E-state index in [4.69, 9.17) is 21.1 Å². The van der Waals surface area contributed by atoms with Crippen LogP contribution in [0.25, 0.3) is 0 Å². The van der Waals surface area contributed by atoms with Gasteiger partial charge in [-0.15, -0.1) is 11.6 Å². The van der Waals surface area contributed by atoms with Crippen molar-refractivity contribution in [2.24, 2.45) is 5.41 Å². The normalized spacial score (nSPS) is 22.2. The summed E-state index contributed by atoms with van der Waals surface area (Å²) in [6, 6.07) is 0. The molecule has 0 amide bonds. The van der Waals surface area contributed by atoms with Gasteiger partial charge in [0.2, 0.25) is 0 Å². The number of ether oxygens (including phenoxy) is 2. The highest BCUT2D eigenvalue weighted by Crippen LogP contribution is 2.50. The summed E-state index contributed by atoms with van der Waals surface area (Å²) in [4.78, 5) is 0. The predicted molar refractivity (Wildman–Crippen MR) is 49.7 cm³/mol. The van der Waals surface area contributed by atoms with Gasteiger partial charge in [0, 0.05) is 20.1 Å². The van der Waals surface area contributed by atoms with E-state index >= 15 is 0 Å². The quantitative estimate of drug-likeness (QED) is 0.600. The zero-order valence-corrected chi connectivity index (χ0v) is 8.56. The lowest BCUT2D eigenvalue weighted by Gasteiger charge is -2.19. The minimum atomic E-state index is 0.219. The lowest BCUT2D eigenvalue weighted by molar-refractivity contribution is 0.0129. The minimum absolute atomic E-state index is 0.219. The summed E-state index contributed by atoms with van der Waals surface area (Å²) in [6.07, 6.45) is 3.76. The third-order valence-electron chi connectivity index (χ3n) is 2.59. The molecule has 1 rings (SSSR count). The Morgan fingerprint density at radius 1 is 1.42 bits per heavy atom. The van der Waals surface area contributed by atoms with Crippen LogP contribution in [-0.4, -0.2) is 32.8 Å². The van der Waals surface area contributed by atoms with E-state index in [-0.39, 0.29) is 6.10 Å². The van der Waals surface area contributed by atoms with Crippen LogP contribution < -0.4 is 0 Å². The molecule has 0 saturated heterocycles. The van der Waals surface area contributed by atoms with Crippen molar-refractivity contribution in [2.75, 3.05) is 26.7 Å².